The van der Waals surface area contributed by atoms with Gasteiger partial charge in [-0.3, -0.25) is 0 Å². The zero-order valence-corrected chi connectivity index (χ0v) is 9.72. The van der Waals surface area contributed by atoms with Crippen LogP contribution in [-0.4, -0.2) is 26.2 Å². The number of nitrogens with zero attached hydrogens (tertiary/aromatic N) is 3. The van der Waals surface area contributed by atoms with Gasteiger partial charge in [0.2, 0.25) is 0 Å². The number of fused-ring (bicyclic) bond motifs is 1. The van der Waals surface area contributed by atoms with Crippen LogP contribution in [0.1, 0.15) is 32.0 Å². The van der Waals surface area contributed by atoms with Gasteiger partial charge in [0.15, 0.2) is 5.65 Å². The summed E-state index contributed by atoms with van der Waals surface area (Å²) in [5.41, 5.74) is 1.85. The molecule has 4 nitrogen and oxygen atoms in total. The Bertz CT molecular complexity index is 476. The van der Waals surface area contributed by atoms with Gasteiger partial charge in [-0.1, -0.05) is 13.8 Å². The van der Waals surface area contributed by atoms with Crippen LogP contribution in [0, 0.1) is 0 Å². The molecule has 86 valence electrons. The summed E-state index contributed by atoms with van der Waals surface area (Å²) < 4.78 is 2.11. The average molecular weight is 219 g/mol. The molecule has 2 rings (SSSR count). The molecule has 0 amide bonds. The maximum atomic E-state index is 8.91. The number of aliphatic hydroxyl groups excluding tert-OH is 1. The summed E-state index contributed by atoms with van der Waals surface area (Å²) in [5.74, 6) is 1.41. The molecule has 0 fully saturated rings. The fourth-order valence-corrected chi connectivity index (χ4v) is 1.87. The molecule has 2 heterocycles. The molecule has 0 aliphatic carbocycles. The molecule has 1 N–H and O–H groups in total. The van der Waals surface area contributed by atoms with Crippen molar-refractivity contribution in [3.05, 3.63) is 24.2 Å². The van der Waals surface area contributed by atoms with Gasteiger partial charge in [0.1, 0.15) is 11.3 Å². The predicted octanol–water partition coefficient (Wildman–Crippen LogP) is 1.94. The van der Waals surface area contributed by atoms with E-state index in [9.17, 15) is 0 Å². The predicted molar refractivity (Wildman–Crippen MR) is 63.3 cm³/mol. The van der Waals surface area contributed by atoms with Gasteiger partial charge >= 0.3 is 0 Å². The van der Waals surface area contributed by atoms with Crippen LogP contribution in [0.3, 0.4) is 0 Å². The largest absolute Gasteiger partial charge is 0.396 e. The fraction of sp³-hybridized carbons (Fsp3) is 0.500. The van der Waals surface area contributed by atoms with E-state index in [1.807, 2.05) is 12.1 Å². The van der Waals surface area contributed by atoms with E-state index in [1.165, 1.54) is 0 Å². The Morgan fingerprint density at radius 3 is 2.94 bits per heavy atom. The first-order chi connectivity index (χ1) is 7.74. The smallest absolute Gasteiger partial charge is 0.159 e. The molecular formula is C12H17N3O. The summed E-state index contributed by atoms with van der Waals surface area (Å²) in [6, 6.07) is 3.87. The Hall–Kier alpha value is -1.42. The third-order valence-corrected chi connectivity index (χ3v) is 2.59. The van der Waals surface area contributed by atoms with Crippen LogP contribution in [0.5, 0.6) is 0 Å². The van der Waals surface area contributed by atoms with Crippen LogP contribution in [-0.2, 0) is 6.54 Å². The number of pyridine rings is 1. The third-order valence-electron chi connectivity index (χ3n) is 2.59. The number of rotatable bonds is 4. The van der Waals surface area contributed by atoms with Crippen molar-refractivity contribution in [1.29, 1.82) is 0 Å². The Balaban J connectivity index is 2.51. The number of aryl methyl sites for hydroxylation is 1. The molecule has 2 aromatic heterocycles. The quantitative estimate of drug-likeness (QED) is 0.855. The lowest BCUT2D eigenvalue weighted by atomic mass is 10.2. The minimum absolute atomic E-state index is 0.198. The van der Waals surface area contributed by atoms with E-state index in [4.69, 9.17) is 5.11 Å². The minimum Gasteiger partial charge on any atom is -0.396 e. The van der Waals surface area contributed by atoms with Crippen molar-refractivity contribution >= 4 is 11.2 Å². The zero-order chi connectivity index (χ0) is 11.5. The Morgan fingerprint density at radius 2 is 2.25 bits per heavy atom. The maximum Gasteiger partial charge on any atom is 0.159 e. The summed E-state index contributed by atoms with van der Waals surface area (Å²) in [7, 11) is 0. The molecule has 0 aromatic carbocycles. The first-order valence-electron chi connectivity index (χ1n) is 5.66. The minimum atomic E-state index is 0.198. The monoisotopic (exact) mass is 219 g/mol. The SMILES string of the molecule is CC(C)c1nc2cccnc2n1CCCO. The highest BCUT2D eigenvalue weighted by molar-refractivity contribution is 5.71. The molecule has 4 heteroatoms. The average Bonchev–Trinajstić information content (AvgIpc) is 2.65. The molecule has 0 unspecified atom stereocenters. The highest BCUT2D eigenvalue weighted by Gasteiger charge is 2.13. The van der Waals surface area contributed by atoms with Crippen molar-refractivity contribution in [2.45, 2.75) is 32.7 Å². The summed E-state index contributed by atoms with van der Waals surface area (Å²) in [6.45, 7) is 5.22. The van der Waals surface area contributed by atoms with Crippen molar-refractivity contribution in [3.8, 4) is 0 Å². The van der Waals surface area contributed by atoms with E-state index in [-0.39, 0.29) is 6.61 Å². The third kappa shape index (κ3) is 1.93. The fourth-order valence-electron chi connectivity index (χ4n) is 1.87. The molecule has 0 aliphatic heterocycles. The number of imidazole rings is 1. The summed E-state index contributed by atoms with van der Waals surface area (Å²) >= 11 is 0. The molecule has 0 saturated heterocycles. The standard InChI is InChI=1S/C12H17N3O/c1-9(2)11-14-10-5-3-6-13-12(10)15(11)7-4-8-16/h3,5-6,9,16H,4,7-8H2,1-2H3. The van der Waals surface area contributed by atoms with Crippen molar-refractivity contribution in [2.75, 3.05) is 6.61 Å². The van der Waals surface area contributed by atoms with E-state index < -0.39 is 0 Å². The van der Waals surface area contributed by atoms with Gasteiger partial charge in [-0.15, -0.1) is 0 Å². The van der Waals surface area contributed by atoms with E-state index in [0.717, 1.165) is 30.0 Å². The number of aliphatic hydroxyl groups is 1. The van der Waals surface area contributed by atoms with Gasteiger partial charge < -0.3 is 9.67 Å². The zero-order valence-electron chi connectivity index (χ0n) is 9.72. The Morgan fingerprint density at radius 1 is 1.44 bits per heavy atom. The van der Waals surface area contributed by atoms with E-state index in [0.29, 0.717) is 5.92 Å². The van der Waals surface area contributed by atoms with Crippen molar-refractivity contribution < 1.29 is 5.11 Å². The molecule has 2 aromatic rings. The van der Waals surface area contributed by atoms with Crippen molar-refractivity contribution in [3.63, 3.8) is 0 Å². The summed E-state index contributed by atoms with van der Waals surface area (Å²) in [4.78, 5) is 8.94. The Kier molecular flexibility index (Phi) is 3.19. The maximum absolute atomic E-state index is 8.91. The first kappa shape index (κ1) is 11.1. The van der Waals surface area contributed by atoms with Crippen LogP contribution in [0.4, 0.5) is 0 Å². The number of hydrogen-bond acceptors (Lipinski definition) is 3. The lowest BCUT2D eigenvalue weighted by molar-refractivity contribution is 0.279. The molecule has 0 spiro atoms. The normalized spacial score (nSPS) is 11.5. The van der Waals surface area contributed by atoms with Crippen LogP contribution >= 0.6 is 0 Å². The molecule has 0 saturated carbocycles. The highest BCUT2D eigenvalue weighted by atomic mass is 16.3. The van der Waals surface area contributed by atoms with Gasteiger partial charge in [0.25, 0.3) is 0 Å². The van der Waals surface area contributed by atoms with Gasteiger partial charge in [-0.25, -0.2) is 9.97 Å². The van der Waals surface area contributed by atoms with Crippen molar-refractivity contribution in [1.82, 2.24) is 14.5 Å². The van der Waals surface area contributed by atoms with Gasteiger partial charge in [0, 0.05) is 25.3 Å². The van der Waals surface area contributed by atoms with Crippen LogP contribution in [0.2, 0.25) is 0 Å². The van der Waals surface area contributed by atoms with Crippen LogP contribution < -0.4 is 0 Å². The second kappa shape index (κ2) is 4.61. The summed E-state index contributed by atoms with van der Waals surface area (Å²) in [6.07, 6.45) is 2.52. The van der Waals surface area contributed by atoms with Gasteiger partial charge in [-0.05, 0) is 18.6 Å². The van der Waals surface area contributed by atoms with Gasteiger partial charge in [-0.2, -0.15) is 0 Å². The van der Waals surface area contributed by atoms with Crippen LogP contribution in [0.15, 0.2) is 18.3 Å². The highest BCUT2D eigenvalue weighted by Crippen LogP contribution is 2.20. The molecule has 16 heavy (non-hydrogen) atoms. The first-order valence-corrected chi connectivity index (χ1v) is 5.66. The van der Waals surface area contributed by atoms with Crippen molar-refractivity contribution in [2.24, 2.45) is 0 Å². The summed E-state index contributed by atoms with van der Waals surface area (Å²) in [5, 5.41) is 8.91. The van der Waals surface area contributed by atoms with Crippen LogP contribution in [0.25, 0.3) is 11.2 Å². The number of aromatic nitrogens is 3. The van der Waals surface area contributed by atoms with E-state index >= 15 is 0 Å². The molecule has 0 radical (unpaired) electrons. The molecule has 0 bridgehead atoms. The Labute approximate surface area is 95.0 Å². The topological polar surface area (TPSA) is 50.9 Å². The van der Waals surface area contributed by atoms with Gasteiger partial charge in [0.05, 0.1) is 0 Å². The molecular weight excluding hydrogens is 202 g/mol. The lowest BCUT2D eigenvalue weighted by Crippen LogP contribution is -2.07. The van der Waals surface area contributed by atoms with E-state index in [2.05, 4.69) is 28.4 Å². The van der Waals surface area contributed by atoms with E-state index in [1.54, 1.807) is 6.20 Å². The number of hydrogen-bond donors (Lipinski definition) is 1. The molecule has 0 aliphatic rings. The lowest BCUT2D eigenvalue weighted by Gasteiger charge is -2.09. The second-order valence-electron chi connectivity index (χ2n) is 4.20. The second-order valence-corrected chi connectivity index (χ2v) is 4.20. The molecule has 0 atom stereocenters.